The third-order valence-corrected chi connectivity index (χ3v) is 7.36. The molecule has 1 N–H and O–H groups in total. The molecule has 0 bridgehead atoms. The maximum absolute atomic E-state index is 12.1. The smallest absolute Gasteiger partial charge is 0.230 e. The Balaban J connectivity index is 1.55. The minimum absolute atomic E-state index is 0.108. The molecule has 1 atom stereocenters. The SMILES string of the molecule is Cc1cc(Cl)cc(-c2ccnc3cc(CN4C(=O)CCC4=O)sc23)c1O[C@H]1CCCNC1. The van der Waals surface area contributed by atoms with Gasteiger partial charge in [0.05, 0.1) is 16.8 Å². The number of piperidine rings is 1. The van der Waals surface area contributed by atoms with Gasteiger partial charge in [0, 0.05) is 46.6 Å². The molecule has 2 saturated heterocycles. The van der Waals surface area contributed by atoms with Gasteiger partial charge in [-0.05, 0) is 56.1 Å². The molecule has 0 radical (unpaired) electrons. The minimum Gasteiger partial charge on any atom is -0.488 e. The van der Waals surface area contributed by atoms with E-state index in [0.29, 0.717) is 24.4 Å². The third-order valence-electron chi connectivity index (χ3n) is 6.00. The van der Waals surface area contributed by atoms with Gasteiger partial charge in [-0.25, -0.2) is 0 Å². The van der Waals surface area contributed by atoms with Gasteiger partial charge in [0.1, 0.15) is 11.9 Å². The lowest BCUT2D eigenvalue weighted by Gasteiger charge is -2.26. The Morgan fingerprint density at radius 2 is 2.03 bits per heavy atom. The number of amides is 2. The van der Waals surface area contributed by atoms with Gasteiger partial charge in [-0.2, -0.15) is 0 Å². The molecule has 2 aromatic heterocycles. The largest absolute Gasteiger partial charge is 0.488 e. The van der Waals surface area contributed by atoms with Gasteiger partial charge >= 0.3 is 0 Å². The molecular formula is C24H24ClN3O3S. The van der Waals surface area contributed by atoms with Gasteiger partial charge < -0.3 is 10.1 Å². The number of pyridine rings is 1. The Labute approximate surface area is 195 Å². The van der Waals surface area contributed by atoms with Gasteiger partial charge in [-0.15, -0.1) is 11.3 Å². The molecule has 0 spiro atoms. The second-order valence-electron chi connectivity index (χ2n) is 8.34. The fourth-order valence-electron chi connectivity index (χ4n) is 4.41. The molecule has 32 heavy (non-hydrogen) atoms. The van der Waals surface area contributed by atoms with E-state index >= 15 is 0 Å². The van der Waals surface area contributed by atoms with Gasteiger partial charge in [0.25, 0.3) is 0 Å². The summed E-state index contributed by atoms with van der Waals surface area (Å²) in [5.41, 5.74) is 3.77. The monoisotopic (exact) mass is 469 g/mol. The molecule has 166 valence electrons. The quantitative estimate of drug-likeness (QED) is 0.548. The summed E-state index contributed by atoms with van der Waals surface area (Å²) >= 11 is 8.01. The highest BCUT2D eigenvalue weighted by Crippen LogP contribution is 2.42. The van der Waals surface area contributed by atoms with Crippen molar-refractivity contribution in [3.05, 3.63) is 45.9 Å². The molecule has 0 saturated carbocycles. The molecule has 1 aromatic carbocycles. The van der Waals surface area contributed by atoms with Crippen LogP contribution in [-0.4, -0.2) is 40.9 Å². The van der Waals surface area contributed by atoms with Crippen LogP contribution in [0.1, 0.15) is 36.1 Å². The molecule has 2 aliphatic rings. The molecule has 2 fully saturated rings. The fourth-order valence-corrected chi connectivity index (χ4v) is 5.81. The lowest BCUT2D eigenvalue weighted by atomic mass is 10.0. The third kappa shape index (κ3) is 4.12. The minimum atomic E-state index is -0.108. The predicted octanol–water partition coefficient (Wildman–Crippen LogP) is 4.70. The number of likely N-dealkylation sites (tertiary alicyclic amines) is 1. The number of nitrogens with one attached hydrogen (secondary N) is 1. The first-order valence-corrected chi connectivity index (χ1v) is 12.1. The van der Waals surface area contributed by atoms with E-state index in [-0.39, 0.29) is 17.9 Å². The highest BCUT2D eigenvalue weighted by atomic mass is 35.5. The number of hydrogen-bond acceptors (Lipinski definition) is 6. The molecular weight excluding hydrogens is 446 g/mol. The molecule has 6 nitrogen and oxygen atoms in total. The van der Waals surface area contributed by atoms with Crippen LogP contribution < -0.4 is 10.1 Å². The van der Waals surface area contributed by atoms with Crippen LogP contribution in [0, 0.1) is 6.92 Å². The molecule has 0 unspecified atom stereocenters. The van der Waals surface area contributed by atoms with Crippen molar-refractivity contribution in [2.75, 3.05) is 13.1 Å². The Morgan fingerprint density at radius 3 is 2.78 bits per heavy atom. The van der Waals surface area contributed by atoms with Crippen LogP contribution in [-0.2, 0) is 16.1 Å². The average molecular weight is 470 g/mol. The Hall–Kier alpha value is -2.48. The fraction of sp³-hybridized carbons (Fsp3) is 0.375. The van der Waals surface area contributed by atoms with Crippen LogP contribution in [0.3, 0.4) is 0 Å². The summed E-state index contributed by atoms with van der Waals surface area (Å²) in [6.07, 6.45) is 4.60. The van der Waals surface area contributed by atoms with Gasteiger partial charge in [-0.3, -0.25) is 19.5 Å². The number of hydrogen-bond donors (Lipinski definition) is 1. The van der Waals surface area contributed by atoms with Crippen molar-refractivity contribution >= 4 is 45.0 Å². The van der Waals surface area contributed by atoms with E-state index in [9.17, 15) is 9.59 Å². The summed E-state index contributed by atoms with van der Waals surface area (Å²) in [6.45, 7) is 4.17. The molecule has 2 amide bonds. The number of aryl methyl sites for hydroxylation is 1. The van der Waals surface area contributed by atoms with E-state index in [0.717, 1.165) is 63.5 Å². The van der Waals surface area contributed by atoms with Crippen molar-refractivity contribution in [1.82, 2.24) is 15.2 Å². The normalized spacial score (nSPS) is 19.2. The first kappa shape index (κ1) is 21.4. The van der Waals surface area contributed by atoms with Crippen LogP contribution >= 0.6 is 22.9 Å². The second-order valence-corrected chi connectivity index (χ2v) is 9.92. The number of carbonyl (C=O) groups excluding carboxylic acids is 2. The van der Waals surface area contributed by atoms with Crippen LogP contribution in [0.15, 0.2) is 30.5 Å². The first-order valence-electron chi connectivity index (χ1n) is 10.9. The number of rotatable bonds is 5. The molecule has 3 aromatic rings. The summed E-state index contributed by atoms with van der Waals surface area (Å²) in [5.74, 6) is 0.626. The Kier molecular flexibility index (Phi) is 5.88. The zero-order valence-electron chi connectivity index (χ0n) is 17.8. The standard InChI is InChI=1S/C24H24ClN3O3S/c1-14-9-15(25)10-19(23(14)31-16-3-2-7-26-12-16)18-6-8-27-20-11-17(32-24(18)20)13-28-21(29)4-5-22(28)30/h6,8-11,16,26H,2-5,7,12-13H2,1H3/t16-/m0/s1. The highest BCUT2D eigenvalue weighted by Gasteiger charge is 2.29. The van der Waals surface area contributed by atoms with Crippen molar-refractivity contribution in [2.24, 2.45) is 0 Å². The number of halogens is 1. The van der Waals surface area contributed by atoms with Crippen molar-refractivity contribution in [3.8, 4) is 16.9 Å². The van der Waals surface area contributed by atoms with E-state index in [4.69, 9.17) is 16.3 Å². The van der Waals surface area contributed by atoms with E-state index < -0.39 is 0 Å². The number of aromatic nitrogens is 1. The predicted molar refractivity (Wildman–Crippen MR) is 126 cm³/mol. The highest BCUT2D eigenvalue weighted by molar-refractivity contribution is 7.19. The number of thiophene rings is 1. The van der Waals surface area contributed by atoms with Crippen molar-refractivity contribution in [3.63, 3.8) is 0 Å². The lowest BCUT2D eigenvalue weighted by Crippen LogP contribution is -2.37. The van der Waals surface area contributed by atoms with Crippen LogP contribution in [0.25, 0.3) is 21.3 Å². The molecule has 0 aliphatic carbocycles. The number of imide groups is 1. The number of carbonyl (C=O) groups is 2. The second kappa shape index (κ2) is 8.81. The zero-order chi connectivity index (χ0) is 22.2. The van der Waals surface area contributed by atoms with E-state index in [1.807, 2.05) is 31.2 Å². The summed E-state index contributed by atoms with van der Waals surface area (Å²) in [6, 6.07) is 7.82. The van der Waals surface area contributed by atoms with Crippen molar-refractivity contribution in [2.45, 2.75) is 45.3 Å². The van der Waals surface area contributed by atoms with Crippen LogP contribution in [0.2, 0.25) is 5.02 Å². The summed E-state index contributed by atoms with van der Waals surface area (Å²) < 4.78 is 7.48. The number of ether oxygens (including phenoxy) is 1. The van der Waals surface area contributed by atoms with E-state index in [1.165, 1.54) is 4.90 Å². The van der Waals surface area contributed by atoms with Gasteiger partial charge in [0.2, 0.25) is 11.8 Å². The summed E-state index contributed by atoms with van der Waals surface area (Å²) in [4.78, 5) is 30.9. The average Bonchev–Trinajstić information content (AvgIpc) is 3.34. The number of benzene rings is 1. The van der Waals surface area contributed by atoms with Crippen LogP contribution in [0.4, 0.5) is 0 Å². The molecule has 4 heterocycles. The Morgan fingerprint density at radius 1 is 1.22 bits per heavy atom. The summed E-state index contributed by atoms with van der Waals surface area (Å²) in [5, 5.41) is 4.06. The van der Waals surface area contributed by atoms with Crippen LogP contribution in [0.5, 0.6) is 5.75 Å². The summed E-state index contributed by atoms with van der Waals surface area (Å²) in [7, 11) is 0. The number of nitrogens with zero attached hydrogens (tertiary/aromatic N) is 2. The zero-order valence-corrected chi connectivity index (χ0v) is 19.4. The number of fused-ring (bicyclic) bond motifs is 1. The van der Waals surface area contributed by atoms with Gasteiger partial charge in [-0.1, -0.05) is 11.6 Å². The molecule has 5 rings (SSSR count). The van der Waals surface area contributed by atoms with Crippen molar-refractivity contribution in [1.29, 1.82) is 0 Å². The van der Waals surface area contributed by atoms with E-state index in [1.54, 1.807) is 17.5 Å². The maximum atomic E-state index is 12.1. The van der Waals surface area contributed by atoms with Gasteiger partial charge in [0.15, 0.2) is 0 Å². The Bertz CT molecular complexity index is 1190. The first-order chi connectivity index (χ1) is 15.5. The molecule has 2 aliphatic heterocycles. The molecule has 8 heteroatoms. The van der Waals surface area contributed by atoms with E-state index in [2.05, 4.69) is 10.3 Å². The topological polar surface area (TPSA) is 71.5 Å². The lowest BCUT2D eigenvalue weighted by molar-refractivity contribution is -0.138. The maximum Gasteiger partial charge on any atom is 0.230 e. The van der Waals surface area contributed by atoms with Crippen molar-refractivity contribution < 1.29 is 14.3 Å².